The van der Waals surface area contributed by atoms with Crippen LogP contribution in [0, 0.1) is 0 Å². The molecule has 70 valence electrons. The van der Waals surface area contributed by atoms with E-state index in [0.29, 0.717) is 17.7 Å². The van der Waals surface area contributed by atoms with Gasteiger partial charge in [0, 0.05) is 6.04 Å². The lowest BCUT2D eigenvalue weighted by Crippen LogP contribution is -2.46. The summed E-state index contributed by atoms with van der Waals surface area (Å²) >= 11 is 1.07. The minimum atomic E-state index is -0.245. The lowest BCUT2D eigenvalue weighted by atomic mass is 9.89. The Labute approximate surface area is 78.9 Å². The number of hydrogen-bond donors (Lipinski definition) is 2. The topological polar surface area (TPSA) is 75.1 Å². The number of rotatable bonds is 2. The molecule has 0 aliphatic heterocycles. The molecule has 1 heterocycles. The second-order valence-electron chi connectivity index (χ2n) is 3.08. The summed E-state index contributed by atoms with van der Waals surface area (Å²) in [6, 6.07) is 0.115. The molecular weight excluding hydrogens is 190 g/mol. The van der Waals surface area contributed by atoms with Crippen molar-refractivity contribution in [2.45, 2.75) is 25.0 Å². The summed E-state index contributed by atoms with van der Waals surface area (Å²) in [6.45, 7) is 0. The molecule has 1 aromatic heterocycles. The van der Waals surface area contributed by atoms with Crippen molar-refractivity contribution in [2.24, 2.45) is 0 Å². The van der Waals surface area contributed by atoms with Gasteiger partial charge in [0.1, 0.15) is 4.88 Å². The monoisotopic (exact) mass is 199 g/mol. The van der Waals surface area contributed by atoms with Gasteiger partial charge in [-0.1, -0.05) is 4.49 Å². The van der Waals surface area contributed by atoms with Crippen molar-refractivity contribution in [3.05, 3.63) is 11.1 Å². The van der Waals surface area contributed by atoms with Crippen molar-refractivity contribution in [1.29, 1.82) is 0 Å². The van der Waals surface area contributed by atoms with E-state index < -0.39 is 0 Å². The molecular formula is C7H9N3O2S. The first-order valence-electron chi connectivity index (χ1n) is 4.02. The molecule has 0 saturated heterocycles. The minimum absolute atomic E-state index is 0.115. The van der Waals surface area contributed by atoms with Gasteiger partial charge in [0.2, 0.25) is 0 Å². The predicted molar refractivity (Wildman–Crippen MR) is 46.4 cm³/mol. The molecule has 1 aliphatic rings. The third-order valence-corrected chi connectivity index (χ3v) is 2.70. The van der Waals surface area contributed by atoms with Gasteiger partial charge in [-0.2, -0.15) is 0 Å². The van der Waals surface area contributed by atoms with Gasteiger partial charge in [-0.3, -0.25) is 4.79 Å². The smallest absolute Gasteiger partial charge is 0.264 e. The molecule has 0 atom stereocenters. The fourth-order valence-electron chi connectivity index (χ4n) is 1.23. The largest absolute Gasteiger partial charge is 0.393 e. The van der Waals surface area contributed by atoms with Crippen LogP contribution in [0.4, 0.5) is 0 Å². The average molecular weight is 199 g/mol. The number of amides is 1. The third-order valence-electron chi connectivity index (χ3n) is 2.03. The molecule has 1 aromatic rings. The Morgan fingerprint density at radius 3 is 3.00 bits per heavy atom. The van der Waals surface area contributed by atoms with Crippen LogP contribution < -0.4 is 5.32 Å². The van der Waals surface area contributed by atoms with Crippen LogP contribution in [0.25, 0.3) is 0 Å². The van der Waals surface area contributed by atoms with E-state index in [1.54, 1.807) is 0 Å². The van der Waals surface area contributed by atoms with E-state index in [4.69, 9.17) is 5.11 Å². The Morgan fingerprint density at radius 1 is 1.69 bits per heavy atom. The van der Waals surface area contributed by atoms with E-state index >= 15 is 0 Å². The van der Waals surface area contributed by atoms with E-state index in [1.165, 1.54) is 6.20 Å². The molecule has 0 radical (unpaired) electrons. The Morgan fingerprint density at radius 2 is 2.46 bits per heavy atom. The molecule has 1 amide bonds. The van der Waals surface area contributed by atoms with Gasteiger partial charge in [-0.05, 0) is 24.4 Å². The number of nitrogens with zero attached hydrogens (tertiary/aromatic N) is 2. The van der Waals surface area contributed by atoms with Crippen LogP contribution in [0.2, 0.25) is 0 Å². The van der Waals surface area contributed by atoms with Crippen LogP contribution in [-0.4, -0.2) is 32.7 Å². The van der Waals surface area contributed by atoms with Gasteiger partial charge in [-0.15, -0.1) is 5.10 Å². The van der Waals surface area contributed by atoms with Crippen molar-refractivity contribution < 1.29 is 9.90 Å². The summed E-state index contributed by atoms with van der Waals surface area (Å²) in [6.07, 6.45) is 2.50. The molecule has 1 fully saturated rings. The highest BCUT2D eigenvalue weighted by atomic mass is 32.1. The Balaban J connectivity index is 1.86. The second-order valence-corrected chi connectivity index (χ2v) is 3.86. The lowest BCUT2D eigenvalue weighted by Gasteiger charge is -2.31. The van der Waals surface area contributed by atoms with Crippen LogP contribution in [0.3, 0.4) is 0 Å². The normalized spacial score (nSPS) is 26.5. The molecule has 2 rings (SSSR count). The maximum absolute atomic E-state index is 11.4. The molecule has 0 aromatic carbocycles. The number of carbonyl (C=O) groups excluding carboxylic acids is 1. The molecule has 0 bridgehead atoms. The first-order chi connectivity index (χ1) is 6.25. The zero-order valence-electron chi connectivity index (χ0n) is 6.80. The Kier molecular flexibility index (Phi) is 2.24. The maximum Gasteiger partial charge on any atom is 0.264 e. The number of hydrogen-bond acceptors (Lipinski definition) is 5. The summed E-state index contributed by atoms with van der Waals surface area (Å²) in [5, 5.41) is 15.3. The molecule has 0 unspecified atom stereocenters. The van der Waals surface area contributed by atoms with Crippen molar-refractivity contribution in [1.82, 2.24) is 14.9 Å². The van der Waals surface area contributed by atoms with Crippen molar-refractivity contribution >= 4 is 17.4 Å². The van der Waals surface area contributed by atoms with Gasteiger partial charge >= 0.3 is 0 Å². The van der Waals surface area contributed by atoms with Crippen molar-refractivity contribution in [2.75, 3.05) is 0 Å². The molecule has 5 nitrogen and oxygen atoms in total. The number of carbonyl (C=O) groups is 1. The minimum Gasteiger partial charge on any atom is -0.393 e. The van der Waals surface area contributed by atoms with E-state index in [0.717, 1.165) is 11.5 Å². The first-order valence-corrected chi connectivity index (χ1v) is 4.79. The summed E-state index contributed by atoms with van der Waals surface area (Å²) in [5.41, 5.74) is 0. The highest BCUT2D eigenvalue weighted by molar-refractivity contribution is 7.07. The zero-order chi connectivity index (χ0) is 9.26. The molecule has 1 aliphatic carbocycles. The number of aliphatic hydroxyl groups is 1. The second kappa shape index (κ2) is 3.39. The van der Waals surface area contributed by atoms with E-state index in [2.05, 4.69) is 14.9 Å². The number of nitrogens with one attached hydrogen (secondary N) is 1. The molecule has 13 heavy (non-hydrogen) atoms. The fraction of sp³-hybridized carbons (Fsp3) is 0.571. The molecule has 1 saturated carbocycles. The van der Waals surface area contributed by atoms with E-state index in [1.807, 2.05) is 0 Å². The van der Waals surface area contributed by atoms with Gasteiger partial charge in [0.05, 0.1) is 12.3 Å². The van der Waals surface area contributed by atoms with Gasteiger partial charge < -0.3 is 10.4 Å². The number of aromatic nitrogens is 2. The third kappa shape index (κ3) is 1.84. The fourth-order valence-corrected chi connectivity index (χ4v) is 1.65. The van der Waals surface area contributed by atoms with Crippen molar-refractivity contribution in [3.63, 3.8) is 0 Å². The van der Waals surface area contributed by atoms with Crippen LogP contribution in [0.15, 0.2) is 6.20 Å². The standard InChI is InChI=1S/C7H9N3O2S/c11-5-1-4(2-5)9-7(12)6-3-8-10-13-6/h3-5,11H,1-2H2,(H,9,12). The molecule has 2 N–H and O–H groups in total. The highest BCUT2D eigenvalue weighted by Gasteiger charge is 2.28. The van der Waals surface area contributed by atoms with Gasteiger partial charge in [0.15, 0.2) is 0 Å². The lowest BCUT2D eigenvalue weighted by molar-refractivity contribution is 0.0564. The molecule has 6 heteroatoms. The van der Waals surface area contributed by atoms with Gasteiger partial charge in [0.25, 0.3) is 5.91 Å². The Bertz CT molecular complexity index is 295. The first kappa shape index (κ1) is 8.58. The quantitative estimate of drug-likeness (QED) is 0.691. The van der Waals surface area contributed by atoms with Crippen LogP contribution >= 0.6 is 11.5 Å². The summed E-state index contributed by atoms with van der Waals surface area (Å²) in [5.74, 6) is -0.146. The maximum atomic E-state index is 11.4. The zero-order valence-corrected chi connectivity index (χ0v) is 7.62. The van der Waals surface area contributed by atoms with Crippen LogP contribution in [0.5, 0.6) is 0 Å². The van der Waals surface area contributed by atoms with E-state index in [9.17, 15) is 4.79 Å². The summed E-state index contributed by atoms with van der Waals surface area (Å²) in [7, 11) is 0. The van der Waals surface area contributed by atoms with Crippen LogP contribution in [0.1, 0.15) is 22.5 Å². The van der Waals surface area contributed by atoms with E-state index in [-0.39, 0.29) is 18.1 Å². The predicted octanol–water partition coefficient (Wildman–Crippen LogP) is -0.209. The Hall–Kier alpha value is -1.01. The SMILES string of the molecule is O=C(NC1CC(O)C1)c1cnns1. The molecule has 0 spiro atoms. The van der Waals surface area contributed by atoms with Gasteiger partial charge in [-0.25, -0.2) is 0 Å². The summed E-state index contributed by atoms with van der Waals surface area (Å²) in [4.78, 5) is 11.9. The van der Waals surface area contributed by atoms with Crippen LogP contribution in [-0.2, 0) is 0 Å². The number of aliphatic hydroxyl groups excluding tert-OH is 1. The summed E-state index contributed by atoms with van der Waals surface area (Å²) < 4.78 is 3.59. The average Bonchev–Trinajstić information content (AvgIpc) is 2.53. The van der Waals surface area contributed by atoms with Crippen molar-refractivity contribution in [3.8, 4) is 0 Å². The highest BCUT2D eigenvalue weighted by Crippen LogP contribution is 2.19.